The van der Waals surface area contributed by atoms with Crippen LogP contribution in [-0.4, -0.2) is 20.3 Å². The van der Waals surface area contributed by atoms with Crippen LogP contribution in [0.15, 0.2) is 73.1 Å². The van der Waals surface area contributed by atoms with Crippen LogP contribution in [-0.2, 0) is 0 Å². The van der Waals surface area contributed by atoms with Gasteiger partial charge in [-0.3, -0.25) is 14.2 Å². The second kappa shape index (κ2) is 8.92. The number of pyridine rings is 2. The van der Waals surface area contributed by atoms with Gasteiger partial charge in [0.25, 0.3) is 5.91 Å². The first kappa shape index (κ1) is 22.7. The number of halogens is 3. The molecule has 3 heterocycles. The smallest absolute Gasteiger partial charge is 0.257 e. The summed E-state index contributed by atoms with van der Waals surface area (Å²) in [6, 6.07) is 16.7. The van der Waals surface area contributed by atoms with Crippen LogP contribution in [0.1, 0.15) is 21.6 Å². The van der Waals surface area contributed by atoms with Crippen molar-refractivity contribution in [3.63, 3.8) is 0 Å². The molecule has 0 aliphatic carbocycles. The largest absolute Gasteiger partial charge is 0.322 e. The molecule has 0 saturated carbocycles. The SMILES string of the molecule is Cc1ccc(NC(=O)c2cc(-c3cccn4c(-c5cccc(F)c5F)nc(Cl)c34)cnc2C)cc1. The van der Waals surface area contributed by atoms with Gasteiger partial charge in [0.15, 0.2) is 16.8 Å². The lowest BCUT2D eigenvalue weighted by Gasteiger charge is -2.11. The normalized spacial score (nSPS) is 11.1. The minimum atomic E-state index is -1.01. The molecule has 0 aliphatic heterocycles. The van der Waals surface area contributed by atoms with E-state index in [4.69, 9.17) is 11.6 Å². The van der Waals surface area contributed by atoms with E-state index < -0.39 is 11.6 Å². The van der Waals surface area contributed by atoms with Crippen molar-refractivity contribution in [1.29, 1.82) is 0 Å². The highest BCUT2D eigenvalue weighted by atomic mass is 35.5. The number of nitrogens with zero attached hydrogens (tertiary/aromatic N) is 3. The number of fused-ring (bicyclic) bond motifs is 1. The molecule has 3 aromatic heterocycles. The number of aromatic nitrogens is 3. The Morgan fingerprint density at radius 1 is 1.00 bits per heavy atom. The molecule has 0 bridgehead atoms. The van der Waals surface area contributed by atoms with Crippen molar-refractivity contribution in [3.05, 3.63) is 107 Å². The average molecular weight is 489 g/mol. The van der Waals surface area contributed by atoms with Gasteiger partial charge < -0.3 is 5.32 Å². The molecule has 0 radical (unpaired) electrons. The van der Waals surface area contributed by atoms with Gasteiger partial charge in [-0.1, -0.05) is 41.4 Å². The number of carbonyl (C=O) groups excluding carboxylic acids is 1. The Kier molecular flexibility index (Phi) is 5.78. The van der Waals surface area contributed by atoms with E-state index in [-0.39, 0.29) is 22.4 Å². The fourth-order valence-corrected chi connectivity index (χ4v) is 4.21. The first-order valence-corrected chi connectivity index (χ1v) is 11.2. The van der Waals surface area contributed by atoms with E-state index >= 15 is 0 Å². The van der Waals surface area contributed by atoms with Gasteiger partial charge in [-0.05, 0) is 50.2 Å². The molecule has 0 saturated heterocycles. The fourth-order valence-electron chi connectivity index (χ4n) is 3.94. The molecular weight excluding hydrogens is 470 g/mol. The van der Waals surface area contributed by atoms with E-state index in [2.05, 4.69) is 15.3 Å². The standard InChI is InChI=1S/C27H19ClF2N4O/c1-15-8-10-18(11-9-15)32-27(35)21-13-17(14-31-16(21)2)19-6-4-12-34-24(19)25(28)33-26(34)20-5-3-7-22(29)23(20)30/h3-14H,1-2H3,(H,32,35). The molecule has 1 N–H and O–H groups in total. The molecular formula is C27H19ClF2N4O. The lowest BCUT2D eigenvalue weighted by atomic mass is 10.0. The maximum atomic E-state index is 14.5. The number of carbonyl (C=O) groups is 1. The lowest BCUT2D eigenvalue weighted by Crippen LogP contribution is -2.14. The number of amides is 1. The lowest BCUT2D eigenvalue weighted by molar-refractivity contribution is 0.102. The number of anilines is 1. The van der Waals surface area contributed by atoms with E-state index in [0.29, 0.717) is 33.6 Å². The number of nitrogens with one attached hydrogen (secondary N) is 1. The van der Waals surface area contributed by atoms with Gasteiger partial charge >= 0.3 is 0 Å². The zero-order chi connectivity index (χ0) is 24.7. The van der Waals surface area contributed by atoms with E-state index in [0.717, 1.165) is 11.6 Å². The highest BCUT2D eigenvalue weighted by Crippen LogP contribution is 2.35. The first-order chi connectivity index (χ1) is 16.8. The maximum Gasteiger partial charge on any atom is 0.257 e. The third-order valence-corrected chi connectivity index (χ3v) is 6.03. The van der Waals surface area contributed by atoms with Crippen LogP contribution in [0, 0.1) is 25.5 Å². The predicted molar refractivity (Wildman–Crippen MR) is 133 cm³/mol. The van der Waals surface area contributed by atoms with Crippen molar-refractivity contribution < 1.29 is 13.6 Å². The quantitative estimate of drug-likeness (QED) is 0.300. The number of rotatable bonds is 4. The molecule has 35 heavy (non-hydrogen) atoms. The van der Waals surface area contributed by atoms with Crippen LogP contribution in [0.4, 0.5) is 14.5 Å². The summed E-state index contributed by atoms with van der Waals surface area (Å²) < 4.78 is 30.0. The first-order valence-electron chi connectivity index (χ1n) is 10.8. The molecule has 0 fully saturated rings. The average Bonchev–Trinajstić information content (AvgIpc) is 3.19. The van der Waals surface area contributed by atoms with Crippen molar-refractivity contribution in [2.75, 3.05) is 5.32 Å². The Balaban J connectivity index is 1.59. The predicted octanol–water partition coefficient (Wildman–Crippen LogP) is 6.86. The Morgan fingerprint density at radius 3 is 2.51 bits per heavy atom. The summed E-state index contributed by atoms with van der Waals surface area (Å²) in [5.74, 6) is -2.11. The zero-order valence-electron chi connectivity index (χ0n) is 18.8. The van der Waals surface area contributed by atoms with Crippen LogP contribution in [0.2, 0.25) is 5.15 Å². The molecule has 0 spiro atoms. The van der Waals surface area contributed by atoms with Gasteiger partial charge in [0, 0.05) is 29.2 Å². The molecule has 0 aliphatic rings. The van der Waals surface area contributed by atoms with Gasteiger partial charge in [-0.15, -0.1) is 0 Å². The molecule has 5 rings (SSSR count). The van der Waals surface area contributed by atoms with Crippen LogP contribution >= 0.6 is 11.6 Å². The minimum absolute atomic E-state index is 0.00996. The molecule has 174 valence electrons. The summed E-state index contributed by atoms with van der Waals surface area (Å²) in [5, 5.41) is 3.01. The van der Waals surface area contributed by atoms with Crippen LogP contribution in [0.3, 0.4) is 0 Å². The van der Waals surface area contributed by atoms with Crippen LogP contribution in [0.5, 0.6) is 0 Å². The highest BCUT2D eigenvalue weighted by Gasteiger charge is 2.20. The Labute approximate surface area is 205 Å². The molecule has 8 heteroatoms. The Hall–Kier alpha value is -4.10. The molecule has 0 atom stereocenters. The third-order valence-electron chi connectivity index (χ3n) is 5.77. The second-order valence-electron chi connectivity index (χ2n) is 8.15. The summed E-state index contributed by atoms with van der Waals surface area (Å²) in [6.07, 6.45) is 3.31. The number of benzene rings is 2. The Morgan fingerprint density at radius 2 is 1.74 bits per heavy atom. The van der Waals surface area contributed by atoms with Crippen LogP contribution in [0.25, 0.3) is 28.0 Å². The van der Waals surface area contributed by atoms with Crippen molar-refractivity contribution >= 4 is 28.7 Å². The van der Waals surface area contributed by atoms with Gasteiger partial charge in [-0.2, -0.15) is 0 Å². The monoisotopic (exact) mass is 488 g/mol. The topological polar surface area (TPSA) is 59.3 Å². The van der Waals surface area contributed by atoms with Crippen molar-refractivity contribution in [2.45, 2.75) is 13.8 Å². The van der Waals surface area contributed by atoms with E-state index in [1.54, 1.807) is 35.9 Å². The fraction of sp³-hybridized carbons (Fsp3) is 0.0741. The maximum absolute atomic E-state index is 14.5. The summed E-state index contributed by atoms with van der Waals surface area (Å²) in [4.78, 5) is 21.7. The molecule has 1 amide bonds. The highest BCUT2D eigenvalue weighted by molar-refractivity contribution is 6.33. The van der Waals surface area contributed by atoms with Gasteiger partial charge in [0.1, 0.15) is 5.82 Å². The van der Waals surface area contributed by atoms with E-state index in [9.17, 15) is 13.6 Å². The molecule has 5 aromatic rings. The summed E-state index contributed by atoms with van der Waals surface area (Å²) in [6.45, 7) is 3.73. The van der Waals surface area contributed by atoms with E-state index in [1.165, 1.54) is 12.1 Å². The van der Waals surface area contributed by atoms with E-state index in [1.807, 2.05) is 37.3 Å². The number of imidazole rings is 1. The minimum Gasteiger partial charge on any atom is -0.322 e. The third kappa shape index (κ3) is 4.15. The zero-order valence-corrected chi connectivity index (χ0v) is 19.6. The molecule has 0 unspecified atom stereocenters. The Bertz CT molecular complexity index is 1600. The number of hydrogen-bond acceptors (Lipinski definition) is 3. The molecule has 2 aromatic carbocycles. The molecule has 5 nitrogen and oxygen atoms in total. The van der Waals surface area contributed by atoms with Gasteiger partial charge in [0.05, 0.1) is 22.3 Å². The number of aryl methyl sites for hydroxylation is 2. The second-order valence-corrected chi connectivity index (χ2v) is 8.50. The van der Waals surface area contributed by atoms with Crippen molar-refractivity contribution in [2.24, 2.45) is 0 Å². The van der Waals surface area contributed by atoms with Crippen molar-refractivity contribution in [1.82, 2.24) is 14.4 Å². The summed E-state index contributed by atoms with van der Waals surface area (Å²) in [7, 11) is 0. The number of hydrogen-bond donors (Lipinski definition) is 1. The van der Waals surface area contributed by atoms with Crippen molar-refractivity contribution in [3.8, 4) is 22.5 Å². The van der Waals surface area contributed by atoms with Gasteiger partial charge in [-0.25, -0.2) is 13.8 Å². The van der Waals surface area contributed by atoms with Crippen LogP contribution < -0.4 is 5.32 Å². The summed E-state index contributed by atoms with van der Waals surface area (Å²) >= 11 is 6.48. The summed E-state index contributed by atoms with van der Waals surface area (Å²) in [5.41, 5.74) is 4.48. The van der Waals surface area contributed by atoms with Gasteiger partial charge in [0.2, 0.25) is 0 Å².